The number of β-lactam (4-membered cyclic amide) rings is 1. The van der Waals surface area contributed by atoms with Crippen molar-refractivity contribution >= 4 is 20.0 Å². The zero-order valence-corrected chi connectivity index (χ0v) is 23.6. The van der Waals surface area contributed by atoms with Gasteiger partial charge in [0.15, 0.2) is 19.8 Å². The van der Waals surface area contributed by atoms with Gasteiger partial charge in [-0.3, -0.25) is 14.5 Å². The van der Waals surface area contributed by atoms with E-state index in [0.717, 1.165) is 0 Å². The molecule has 2 aromatic rings. The molecule has 6 heteroatoms. The normalized spacial score (nSPS) is 20.4. The molecule has 0 aliphatic carbocycles. The summed E-state index contributed by atoms with van der Waals surface area (Å²) < 4.78 is 6.60. The maximum atomic E-state index is 13.9. The third-order valence-electron chi connectivity index (χ3n) is 7.64. The molecule has 0 spiro atoms. The van der Waals surface area contributed by atoms with Crippen molar-refractivity contribution in [2.45, 2.75) is 84.5 Å². The minimum Gasteiger partial charge on any atom is -0.413 e. The maximum absolute atomic E-state index is 13.9. The zero-order valence-electron chi connectivity index (χ0n) is 22.6. The molecule has 2 aromatic carbocycles. The Hall–Kier alpha value is -2.28. The van der Waals surface area contributed by atoms with E-state index in [-0.39, 0.29) is 16.7 Å². The van der Waals surface area contributed by atoms with Crippen LogP contribution in [0.2, 0.25) is 18.1 Å². The SMILES string of the molecule is CC(O[Si](C)(C)C(C)(C)C)[C@H]1C(=O)N(C(O)(c2ccccc2)c2ccccc2)[C@@H]1C(=O)C(C)(C)C. The van der Waals surface area contributed by atoms with Crippen molar-refractivity contribution in [3.05, 3.63) is 71.8 Å². The molecule has 3 rings (SSSR count). The molecule has 1 aliphatic rings. The second-order valence-electron chi connectivity index (χ2n) is 12.3. The highest BCUT2D eigenvalue weighted by molar-refractivity contribution is 6.74. The van der Waals surface area contributed by atoms with Crippen molar-refractivity contribution < 1.29 is 19.1 Å². The number of Topliss-reactive ketones (excluding diaryl/α,β-unsaturated/α-hetero) is 1. The monoisotopic (exact) mass is 495 g/mol. The van der Waals surface area contributed by atoms with Crippen LogP contribution in [0.15, 0.2) is 60.7 Å². The summed E-state index contributed by atoms with van der Waals surface area (Å²) in [5.74, 6) is -1.01. The van der Waals surface area contributed by atoms with Gasteiger partial charge in [0.05, 0.1) is 12.0 Å². The predicted octanol–water partition coefficient (Wildman–Crippen LogP) is 5.73. The van der Waals surface area contributed by atoms with E-state index in [2.05, 4.69) is 33.9 Å². The highest BCUT2D eigenvalue weighted by Gasteiger charge is 2.63. The van der Waals surface area contributed by atoms with E-state index in [1.807, 2.05) is 64.1 Å². The predicted molar refractivity (Wildman–Crippen MR) is 142 cm³/mol. The van der Waals surface area contributed by atoms with Crippen LogP contribution in [-0.2, 0) is 19.7 Å². The molecule has 1 saturated heterocycles. The molecule has 190 valence electrons. The zero-order chi connectivity index (χ0) is 26.4. The highest BCUT2D eigenvalue weighted by atomic mass is 28.4. The lowest BCUT2D eigenvalue weighted by atomic mass is 9.71. The molecular weight excluding hydrogens is 454 g/mol. The number of hydrogen-bond donors (Lipinski definition) is 1. The van der Waals surface area contributed by atoms with Gasteiger partial charge in [-0.05, 0) is 25.1 Å². The van der Waals surface area contributed by atoms with Gasteiger partial charge in [-0.15, -0.1) is 0 Å². The Balaban J connectivity index is 2.13. The Morgan fingerprint density at radius 3 is 1.71 bits per heavy atom. The van der Waals surface area contributed by atoms with Crippen LogP contribution in [0, 0.1) is 11.3 Å². The summed E-state index contributed by atoms with van der Waals surface area (Å²) in [4.78, 5) is 29.2. The summed E-state index contributed by atoms with van der Waals surface area (Å²) in [6.45, 7) is 18.2. The number of ketones is 1. The fourth-order valence-electron chi connectivity index (χ4n) is 4.55. The standard InChI is InChI=1S/C29H41NO4Si/c1-20(34-35(8,9)28(5,6)7)23-24(25(31)27(2,3)4)30(26(23)32)29(33,21-16-12-10-13-17-21)22-18-14-11-15-19-22/h10-20,23-24,33H,1-9H3/t20?,23-,24+/m1/s1. The summed E-state index contributed by atoms with van der Waals surface area (Å²) in [6, 6.07) is 17.4. The van der Waals surface area contributed by atoms with Crippen molar-refractivity contribution in [1.82, 2.24) is 4.90 Å². The third-order valence-corrected chi connectivity index (χ3v) is 12.2. The molecule has 1 heterocycles. The van der Waals surface area contributed by atoms with E-state index in [0.29, 0.717) is 11.1 Å². The Kier molecular flexibility index (Phi) is 7.26. The molecule has 3 atom stereocenters. The van der Waals surface area contributed by atoms with Crippen molar-refractivity contribution in [2.75, 3.05) is 0 Å². The molecule has 1 fully saturated rings. The van der Waals surface area contributed by atoms with Crippen molar-refractivity contribution in [1.29, 1.82) is 0 Å². The molecule has 1 unspecified atom stereocenters. The highest BCUT2D eigenvalue weighted by Crippen LogP contribution is 2.48. The fraction of sp³-hybridized carbons (Fsp3) is 0.517. The first-order valence-electron chi connectivity index (χ1n) is 12.4. The van der Waals surface area contributed by atoms with Crippen molar-refractivity contribution in [3.8, 4) is 0 Å². The first-order valence-corrected chi connectivity index (χ1v) is 15.3. The van der Waals surface area contributed by atoms with Gasteiger partial charge in [-0.1, -0.05) is 102 Å². The van der Waals surface area contributed by atoms with Crippen LogP contribution in [0.1, 0.15) is 59.6 Å². The lowest BCUT2D eigenvalue weighted by molar-refractivity contribution is -0.206. The molecule has 1 amide bonds. The molecule has 0 saturated carbocycles. The summed E-state index contributed by atoms with van der Waals surface area (Å²) in [6.07, 6.45) is -0.452. The van der Waals surface area contributed by atoms with Gasteiger partial charge in [0.1, 0.15) is 6.04 Å². The van der Waals surface area contributed by atoms with E-state index >= 15 is 0 Å². The Bertz CT molecular complexity index is 1010. The van der Waals surface area contributed by atoms with Crippen LogP contribution >= 0.6 is 0 Å². The average Bonchev–Trinajstić information content (AvgIpc) is 2.76. The second-order valence-corrected chi connectivity index (χ2v) is 17.0. The van der Waals surface area contributed by atoms with E-state index in [1.165, 1.54) is 4.90 Å². The van der Waals surface area contributed by atoms with E-state index in [9.17, 15) is 14.7 Å². The topological polar surface area (TPSA) is 66.8 Å². The number of carbonyl (C=O) groups excluding carboxylic acids is 2. The van der Waals surface area contributed by atoms with Crippen LogP contribution in [0.5, 0.6) is 0 Å². The van der Waals surface area contributed by atoms with Gasteiger partial charge in [0.25, 0.3) is 0 Å². The first-order chi connectivity index (χ1) is 16.0. The number of likely N-dealkylation sites (tertiary alicyclic amines) is 1. The first kappa shape index (κ1) is 27.3. The molecule has 1 aliphatic heterocycles. The number of hydrogen-bond acceptors (Lipinski definition) is 4. The fourth-order valence-corrected chi connectivity index (χ4v) is 5.98. The molecule has 0 radical (unpaired) electrons. The van der Waals surface area contributed by atoms with Gasteiger partial charge in [0, 0.05) is 16.5 Å². The number of nitrogens with zero attached hydrogens (tertiary/aromatic N) is 1. The number of amides is 1. The summed E-state index contributed by atoms with van der Waals surface area (Å²) >= 11 is 0. The second kappa shape index (κ2) is 9.30. The summed E-state index contributed by atoms with van der Waals surface area (Å²) in [5, 5.41) is 12.3. The Morgan fingerprint density at radius 2 is 1.34 bits per heavy atom. The molecular formula is C29H41NO4Si. The van der Waals surface area contributed by atoms with Gasteiger partial charge in [-0.2, -0.15) is 0 Å². The molecule has 0 aromatic heterocycles. The molecule has 5 nitrogen and oxygen atoms in total. The largest absolute Gasteiger partial charge is 0.413 e. The lowest BCUT2D eigenvalue weighted by Gasteiger charge is -2.57. The Labute approximate surface area is 211 Å². The minimum atomic E-state index is -2.19. The van der Waals surface area contributed by atoms with Crippen LogP contribution in [0.3, 0.4) is 0 Å². The molecule has 0 bridgehead atoms. The van der Waals surface area contributed by atoms with Crippen LogP contribution in [-0.4, -0.2) is 42.2 Å². The number of benzene rings is 2. The van der Waals surface area contributed by atoms with Crippen molar-refractivity contribution in [3.63, 3.8) is 0 Å². The average molecular weight is 496 g/mol. The number of rotatable bonds is 7. The summed E-state index contributed by atoms with van der Waals surface area (Å²) in [7, 11) is -2.19. The summed E-state index contributed by atoms with van der Waals surface area (Å²) in [5.41, 5.74) is -1.39. The van der Waals surface area contributed by atoms with E-state index < -0.39 is 37.5 Å². The minimum absolute atomic E-state index is 0.0356. The van der Waals surface area contributed by atoms with Gasteiger partial charge in [0.2, 0.25) is 5.91 Å². The van der Waals surface area contributed by atoms with Crippen LogP contribution < -0.4 is 0 Å². The number of carbonyl (C=O) groups is 2. The lowest BCUT2D eigenvalue weighted by Crippen LogP contribution is -2.75. The smallest absolute Gasteiger partial charge is 0.234 e. The Morgan fingerprint density at radius 1 is 0.914 bits per heavy atom. The van der Waals surface area contributed by atoms with Gasteiger partial charge in [-0.25, -0.2) is 0 Å². The van der Waals surface area contributed by atoms with E-state index in [4.69, 9.17) is 4.43 Å². The van der Waals surface area contributed by atoms with Crippen molar-refractivity contribution in [2.24, 2.45) is 11.3 Å². The van der Waals surface area contributed by atoms with Gasteiger partial charge >= 0.3 is 0 Å². The number of aliphatic hydroxyl groups is 1. The van der Waals surface area contributed by atoms with Crippen LogP contribution in [0.4, 0.5) is 0 Å². The van der Waals surface area contributed by atoms with E-state index in [1.54, 1.807) is 24.3 Å². The molecule has 35 heavy (non-hydrogen) atoms. The van der Waals surface area contributed by atoms with Crippen LogP contribution in [0.25, 0.3) is 0 Å². The van der Waals surface area contributed by atoms with Gasteiger partial charge < -0.3 is 9.53 Å². The molecule has 1 N–H and O–H groups in total. The maximum Gasteiger partial charge on any atom is 0.234 e. The quantitative estimate of drug-likeness (QED) is 0.393. The third kappa shape index (κ3) is 4.89.